The number of rotatable bonds is 10. The van der Waals surface area contributed by atoms with Gasteiger partial charge in [-0.1, -0.05) is 38.8 Å². The minimum absolute atomic E-state index is 1.03. The molecule has 0 aliphatic rings. The zero-order valence-corrected chi connectivity index (χ0v) is 14.9. The van der Waals surface area contributed by atoms with Gasteiger partial charge in [0.1, 0.15) is 0 Å². The maximum absolute atomic E-state index is 4.54. The summed E-state index contributed by atoms with van der Waals surface area (Å²) in [5.74, 6) is 0. The summed E-state index contributed by atoms with van der Waals surface area (Å²) in [4.78, 5) is 7.04. The molecule has 23 heavy (non-hydrogen) atoms. The largest absolute Gasteiger partial charge is 0.383 e. The molecule has 1 N–H and O–H groups in total. The van der Waals surface area contributed by atoms with Crippen LogP contribution in [0.15, 0.2) is 30.5 Å². The van der Waals surface area contributed by atoms with Crippen molar-refractivity contribution in [1.82, 2.24) is 9.88 Å². The van der Waals surface area contributed by atoms with Crippen LogP contribution < -0.4 is 5.32 Å². The highest BCUT2D eigenvalue weighted by atomic mass is 15.1. The number of aryl methyl sites for hydroxylation is 1. The van der Waals surface area contributed by atoms with E-state index in [1.807, 2.05) is 6.20 Å². The highest BCUT2D eigenvalue weighted by Gasteiger charge is 2.03. The number of hydrogen-bond donors (Lipinski definition) is 1. The van der Waals surface area contributed by atoms with Crippen LogP contribution in [0.3, 0.4) is 0 Å². The van der Waals surface area contributed by atoms with Gasteiger partial charge in [0, 0.05) is 18.1 Å². The second-order valence-corrected chi connectivity index (χ2v) is 6.20. The van der Waals surface area contributed by atoms with Crippen LogP contribution in [0.5, 0.6) is 0 Å². The van der Waals surface area contributed by atoms with Crippen LogP contribution in [0.1, 0.15) is 45.1 Å². The van der Waals surface area contributed by atoms with Crippen molar-refractivity contribution in [2.45, 2.75) is 46.5 Å². The van der Waals surface area contributed by atoms with E-state index in [0.29, 0.717) is 0 Å². The van der Waals surface area contributed by atoms with E-state index < -0.39 is 0 Å². The quantitative estimate of drug-likeness (QED) is 0.635. The molecule has 0 radical (unpaired) electrons. The van der Waals surface area contributed by atoms with E-state index in [4.69, 9.17) is 0 Å². The van der Waals surface area contributed by atoms with Crippen LogP contribution in [-0.4, -0.2) is 36.1 Å². The minimum Gasteiger partial charge on any atom is -0.383 e. The van der Waals surface area contributed by atoms with Crippen molar-refractivity contribution in [2.75, 3.05) is 31.5 Å². The Morgan fingerprint density at radius 3 is 2.57 bits per heavy atom. The van der Waals surface area contributed by atoms with Crippen LogP contribution in [0.4, 0.5) is 5.69 Å². The van der Waals surface area contributed by atoms with Gasteiger partial charge in [-0.05, 0) is 57.1 Å². The van der Waals surface area contributed by atoms with Gasteiger partial charge < -0.3 is 10.2 Å². The van der Waals surface area contributed by atoms with Crippen LogP contribution in [0.2, 0.25) is 0 Å². The van der Waals surface area contributed by atoms with Gasteiger partial charge in [0.15, 0.2) is 0 Å². The molecule has 3 heteroatoms. The average Bonchev–Trinajstić information content (AvgIpc) is 2.58. The normalized spacial score (nSPS) is 11.3. The Balaban J connectivity index is 1.72. The van der Waals surface area contributed by atoms with Gasteiger partial charge in [-0.2, -0.15) is 0 Å². The zero-order chi connectivity index (χ0) is 16.5. The van der Waals surface area contributed by atoms with E-state index in [2.05, 4.69) is 60.2 Å². The van der Waals surface area contributed by atoms with Crippen molar-refractivity contribution in [2.24, 2.45) is 0 Å². The first-order valence-corrected chi connectivity index (χ1v) is 9.06. The van der Waals surface area contributed by atoms with E-state index in [9.17, 15) is 0 Å². The van der Waals surface area contributed by atoms with E-state index in [-0.39, 0.29) is 0 Å². The Hall–Kier alpha value is -1.61. The van der Waals surface area contributed by atoms with Gasteiger partial charge in [0.2, 0.25) is 0 Å². The SMILES string of the molecule is CCN(CC)CCCCCCNc1cccc2c(C)ccnc12. The lowest BCUT2D eigenvalue weighted by Crippen LogP contribution is -2.23. The number of anilines is 1. The maximum atomic E-state index is 4.54. The zero-order valence-electron chi connectivity index (χ0n) is 14.9. The second-order valence-electron chi connectivity index (χ2n) is 6.20. The van der Waals surface area contributed by atoms with Crippen molar-refractivity contribution < 1.29 is 0 Å². The third-order valence-electron chi connectivity index (χ3n) is 4.60. The Labute approximate surface area is 141 Å². The van der Waals surface area contributed by atoms with Crippen molar-refractivity contribution >= 4 is 16.6 Å². The Kier molecular flexibility index (Phi) is 7.34. The lowest BCUT2D eigenvalue weighted by atomic mass is 10.1. The van der Waals surface area contributed by atoms with E-state index >= 15 is 0 Å². The third-order valence-corrected chi connectivity index (χ3v) is 4.60. The molecule has 2 aromatic rings. The standard InChI is InChI=1S/C20H31N3/c1-4-23(5-2)16-9-7-6-8-14-21-19-12-10-11-18-17(3)13-15-22-20(18)19/h10-13,15,21H,4-9,14,16H2,1-3H3. The van der Waals surface area contributed by atoms with Gasteiger partial charge in [0.05, 0.1) is 11.2 Å². The Bertz CT molecular complexity index is 590. The highest BCUT2D eigenvalue weighted by molar-refractivity contribution is 5.92. The highest BCUT2D eigenvalue weighted by Crippen LogP contribution is 2.23. The van der Waals surface area contributed by atoms with E-state index in [1.54, 1.807) is 0 Å². The minimum atomic E-state index is 1.03. The van der Waals surface area contributed by atoms with Crippen LogP contribution >= 0.6 is 0 Å². The van der Waals surface area contributed by atoms with Crippen LogP contribution in [0.25, 0.3) is 10.9 Å². The predicted molar refractivity (Wildman–Crippen MR) is 101 cm³/mol. The Morgan fingerprint density at radius 1 is 1.00 bits per heavy atom. The second kappa shape index (κ2) is 9.51. The molecule has 1 heterocycles. The van der Waals surface area contributed by atoms with E-state index in [1.165, 1.54) is 56.3 Å². The molecule has 1 aromatic heterocycles. The molecule has 3 nitrogen and oxygen atoms in total. The van der Waals surface area contributed by atoms with Gasteiger partial charge in [0.25, 0.3) is 0 Å². The number of aromatic nitrogens is 1. The van der Waals surface area contributed by atoms with Crippen molar-refractivity contribution in [3.05, 3.63) is 36.0 Å². The molecule has 0 bridgehead atoms. The first-order valence-electron chi connectivity index (χ1n) is 9.06. The fourth-order valence-corrected chi connectivity index (χ4v) is 3.03. The molecule has 0 atom stereocenters. The topological polar surface area (TPSA) is 28.2 Å². The number of nitrogens with zero attached hydrogens (tertiary/aromatic N) is 2. The lowest BCUT2D eigenvalue weighted by Gasteiger charge is -2.17. The summed E-state index contributed by atoms with van der Waals surface area (Å²) in [5.41, 5.74) is 3.54. The molecule has 0 aliphatic heterocycles. The molecular formula is C20H31N3. The maximum Gasteiger partial charge on any atom is 0.0935 e. The summed E-state index contributed by atoms with van der Waals surface area (Å²) in [6.07, 6.45) is 7.06. The number of hydrogen-bond acceptors (Lipinski definition) is 3. The van der Waals surface area contributed by atoms with Gasteiger partial charge in [-0.25, -0.2) is 0 Å². The molecular weight excluding hydrogens is 282 g/mol. The summed E-state index contributed by atoms with van der Waals surface area (Å²) in [7, 11) is 0. The average molecular weight is 313 g/mol. The molecule has 0 spiro atoms. The summed E-state index contributed by atoms with van der Waals surface area (Å²) >= 11 is 0. The molecule has 0 amide bonds. The Morgan fingerprint density at radius 2 is 1.78 bits per heavy atom. The van der Waals surface area contributed by atoms with E-state index in [0.717, 1.165) is 17.7 Å². The molecule has 0 saturated heterocycles. The summed E-state index contributed by atoms with van der Waals surface area (Å²) in [6, 6.07) is 8.47. The van der Waals surface area contributed by atoms with Crippen LogP contribution in [0, 0.1) is 6.92 Å². The molecule has 0 unspecified atom stereocenters. The number of unbranched alkanes of at least 4 members (excludes halogenated alkanes) is 3. The van der Waals surface area contributed by atoms with Gasteiger partial charge in [-0.15, -0.1) is 0 Å². The molecule has 1 aromatic carbocycles. The molecule has 2 rings (SSSR count). The fourth-order valence-electron chi connectivity index (χ4n) is 3.03. The monoisotopic (exact) mass is 313 g/mol. The summed E-state index contributed by atoms with van der Waals surface area (Å²) in [5, 5.41) is 4.81. The van der Waals surface area contributed by atoms with Crippen molar-refractivity contribution in [1.29, 1.82) is 0 Å². The number of fused-ring (bicyclic) bond motifs is 1. The predicted octanol–water partition coefficient (Wildman–Crippen LogP) is 4.86. The summed E-state index contributed by atoms with van der Waals surface area (Å²) < 4.78 is 0. The number of nitrogens with one attached hydrogen (secondary N) is 1. The van der Waals surface area contributed by atoms with Crippen molar-refractivity contribution in [3.8, 4) is 0 Å². The molecule has 0 fully saturated rings. The molecule has 0 saturated carbocycles. The number of pyridine rings is 1. The first kappa shape index (κ1) is 17.7. The fraction of sp³-hybridized carbons (Fsp3) is 0.550. The van der Waals surface area contributed by atoms with Crippen LogP contribution in [-0.2, 0) is 0 Å². The van der Waals surface area contributed by atoms with Crippen molar-refractivity contribution in [3.63, 3.8) is 0 Å². The third kappa shape index (κ3) is 5.21. The molecule has 0 aliphatic carbocycles. The first-order chi connectivity index (χ1) is 11.3. The smallest absolute Gasteiger partial charge is 0.0935 e. The number of benzene rings is 1. The number of para-hydroxylation sites is 1. The van der Waals surface area contributed by atoms with Gasteiger partial charge in [-0.3, -0.25) is 4.98 Å². The lowest BCUT2D eigenvalue weighted by molar-refractivity contribution is 0.295. The van der Waals surface area contributed by atoms with Gasteiger partial charge >= 0.3 is 0 Å². The molecule has 126 valence electrons. The summed E-state index contributed by atoms with van der Waals surface area (Å²) in [6.45, 7) is 11.2.